The van der Waals surface area contributed by atoms with Crippen LogP contribution >= 0.6 is 0 Å². The molecule has 0 saturated heterocycles. The number of hydrogen-bond donors (Lipinski definition) is 0. The summed E-state index contributed by atoms with van der Waals surface area (Å²) >= 11 is 0. The third-order valence-electron chi connectivity index (χ3n) is 5.58. The molecule has 0 amide bonds. The summed E-state index contributed by atoms with van der Waals surface area (Å²) in [6, 6.07) is 16.1. The Labute approximate surface area is 175 Å². The number of rotatable bonds is 5. The summed E-state index contributed by atoms with van der Waals surface area (Å²) in [5, 5.41) is 18.2. The molecular formula is C24H26N4O2. The van der Waals surface area contributed by atoms with Gasteiger partial charge < -0.3 is 5.21 Å². The smallest absolute Gasteiger partial charge is 0.323 e. The van der Waals surface area contributed by atoms with Gasteiger partial charge in [0.2, 0.25) is 5.82 Å². The number of hydrogen-bond acceptors (Lipinski definition) is 3. The van der Waals surface area contributed by atoms with Crippen LogP contribution < -0.4 is 10.3 Å². The van der Waals surface area contributed by atoms with E-state index in [0.717, 1.165) is 27.0 Å². The van der Waals surface area contributed by atoms with Gasteiger partial charge in [-0.2, -0.15) is 4.68 Å². The van der Waals surface area contributed by atoms with E-state index < -0.39 is 0 Å². The first-order chi connectivity index (χ1) is 14.5. The molecule has 30 heavy (non-hydrogen) atoms. The fraction of sp³-hybridized carbons (Fsp3) is 0.292. The number of aromatic nitrogens is 4. The van der Waals surface area contributed by atoms with Crippen molar-refractivity contribution in [3.63, 3.8) is 0 Å². The average molecular weight is 402 g/mol. The zero-order chi connectivity index (χ0) is 21.4. The molecule has 0 bridgehead atoms. The van der Waals surface area contributed by atoms with Gasteiger partial charge in [0.1, 0.15) is 5.69 Å². The van der Waals surface area contributed by atoms with Crippen molar-refractivity contribution in [1.29, 1.82) is 0 Å². The standard InChI is InChI=1S/C24H26N4O2/c1-5-20-26(6-2)24(29)21-22(19-13-12-16(3)14-17(19)4)27(25-23(21)28(20)30)15-18-10-8-7-9-11-18/h7-14H,5-6,15H2,1-4H3. The molecule has 2 heterocycles. The third-order valence-corrected chi connectivity index (χ3v) is 5.58. The predicted molar refractivity (Wildman–Crippen MR) is 118 cm³/mol. The van der Waals surface area contributed by atoms with E-state index in [0.29, 0.717) is 36.4 Å². The van der Waals surface area contributed by atoms with Crippen molar-refractivity contribution in [3.8, 4) is 11.3 Å². The fourth-order valence-corrected chi connectivity index (χ4v) is 4.16. The van der Waals surface area contributed by atoms with Gasteiger partial charge in [-0.25, -0.2) is 14.1 Å². The van der Waals surface area contributed by atoms with Crippen LogP contribution in [0.2, 0.25) is 0 Å². The largest absolute Gasteiger partial charge is 0.740 e. The molecule has 4 rings (SSSR count). The lowest BCUT2D eigenvalue weighted by atomic mass is 10.0. The average Bonchev–Trinajstić information content (AvgIpc) is 3.10. The Morgan fingerprint density at radius 3 is 2.43 bits per heavy atom. The SMILES string of the molecule is CCc1n(CC)c(=O)c2c(-c3ccc(C)cc3C)n(Cc3ccccc3)nc2[n+]1[O-]. The van der Waals surface area contributed by atoms with E-state index in [1.54, 1.807) is 9.25 Å². The molecule has 0 aliphatic carbocycles. The van der Waals surface area contributed by atoms with Crippen molar-refractivity contribution >= 4 is 11.0 Å². The minimum absolute atomic E-state index is 0.161. The molecule has 0 aliphatic rings. The molecule has 6 nitrogen and oxygen atoms in total. The molecule has 2 aromatic heterocycles. The van der Waals surface area contributed by atoms with E-state index in [4.69, 9.17) is 0 Å². The maximum atomic E-state index is 13.5. The second kappa shape index (κ2) is 7.78. The normalized spacial score (nSPS) is 11.3. The lowest BCUT2D eigenvalue weighted by Crippen LogP contribution is -2.42. The molecule has 154 valence electrons. The molecular weight excluding hydrogens is 376 g/mol. The lowest BCUT2D eigenvalue weighted by Gasteiger charge is -2.13. The minimum Gasteiger partial charge on any atom is -0.740 e. The van der Waals surface area contributed by atoms with Crippen molar-refractivity contribution in [2.45, 2.75) is 47.2 Å². The zero-order valence-corrected chi connectivity index (χ0v) is 17.8. The van der Waals surface area contributed by atoms with Crippen LogP contribution in [-0.2, 0) is 19.5 Å². The first-order valence-corrected chi connectivity index (χ1v) is 10.3. The summed E-state index contributed by atoms with van der Waals surface area (Å²) in [4.78, 5) is 13.5. The van der Waals surface area contributed by atoms with Crippen LogP contribution in [0.5, 0.6) is 0 Å². The number of nitrogens with zero attached hydrogens (tertiary/aromatic N) is 4. The summed E-state index contributed by atoms with van der Waals surface area (Å²) < 4.78 is 4.19. The van der Waals surface area contributed by atoms with Crippen molar-refractivity contribution in [3.05, 3.63) is 86.6 Å². The second-order valence-corrected chi connectivity index (χ2v) is 7.62. The molecule has 2 aromatic carbocycles. The quantitative estimate of drug-likeness (QED) is 0.377. The van der Waals surface area contributed by atoms with Crippen molar-refractivity contribution in [2.75, 3.05) is 0 Å². The Bertz CT molecular complexity index is 1290. The summed E-state index contributed by atoms with van der Waals surface area (Å²) in [5.41, 5.74) is 4.89. The van der Waals surface area contributed by atoms with Gasteiger partial charge in [0.25, 0.3) is 0 Å². The number of benzene rings is 2. The summed E-state index contributed by atoms with van der Waals surface area (Å²) in [6.45, 7) is 8.75. The van der Waals surface area contributed by atoms with Crippen molar-refractivity contribution in [1.82, 2.24) is 14.3 Å². The Hall–Kier alpha value is -3.41. The van der Waals surface area contributed by atoms with Crippen LogP contribution in [0.15, 0.2) is 53.3 Å². The summed E-state index contributed by atoms with van der Waals surface area (Å²) in [6.07, 6.45) is 0.465. The highest BCUT2D eigenvalue weighted by Gasteiger charge is 2.28. The van der Waals surface area contributed by atoms with E-state index in [1.807, 2.05) is 70.2 Å². The first-order valence-electron chi connectivity index (χ1n) is 10.3. The molecule has 0 spiro atoms. The van der Waals surface area contributed by atoms with E-state index in [1.165, 1.54) is 0 Å². The van der Waals surface area contributed by atoms with Crippen LogP contribution in [0.4, 0.5) is 0 Å². The third kappa shape index (κ3) is 3.18. The predicted octanol–water partition coefficient (Wildman–Crippen LogP) is 3.75. The molecule has 0 N–H and O–H groups in total. The van der Waals surface area contributed by atoms with Gasteiger partial charge in [-0.3, -0.25) is 0 Å². The highest BCUT2D eigenvalue weighted by atomic mass is 16.5. The maximum absolute atomic E-state index is 13.5. The molecule has 0 radical (unpaired) electrons. The van der Waals surface area contributed by atoms with Crippen LogP contribution in [0.25, 0.3) is 22.3 Å². The molecule has 6 heteroatoms. The van der Waals surface area contributed by atoms with Crippen LogP contribution in [0, 0.1) is 19.1 Å². The zero-order valence-electron chi connectivity index (χ0n) is 17.8. The van der Waals surface area contributed by atoms with Gasteiger partial charge in [0, 0.05) is 12.0 Å². The van der Waals surface area contributed by atoms with Gasteiger partial charge >= 0.3 is 11.2 Å². The van der Waals surface area contributed by atoms with Crippen LogP contribution in [0.1, 0.15) is 36.4 Å². The Morgan fingerprint density at radius 1 is 1.07 bits per heavy atom. The van der Waals surface area contributed by atoms with Crippen LogP contribution in [-0.4, -0.2) is 14.3 Å². The first kappa shape index (κ1) is 19.9. The van der Waals surface area contributed by atoms with Gasteiger partial charge in [0.05, 0.1) is 13.1 Å². The van der Waals surface area contributed by atoms with Crippen molar-refractivity contribution < 1.29 is 4.73 Å². The summed E-state index contributed by atoms with van der Waals surface area (Å²) in [5.74, 6) is 0.437. The second-order valence-electron chi connectivity index (χ2n) is 7.62. The highest BCUT2D eigenvalue weighted by Crippen LogP contribution is 2.29. The minimum atomic E-state index is -0.161. The van der Waals surface area contributed by atoms with Gasteiger partial charge in [0.15, 0.2) is 5.39 Å². The number of aryl methyl sites for hydroxylation is 2. The van der Waals surface area contributed by atoms with Gasteiger partial charge in [-0.1, -0.05) is 61.0 Å². The van der Waals surface area contributed by atoms with E-state index in [9.17, 15) is 10.0 Å². The Morgan fingerprint density at radius 2 is 1.80 bits per heavy atom. The molecule has 4 aromatic rings. The Kier molecular flexibility index (Phi) is 5.16. The topological polar surface area (TPSA) is 66.8 Å². The van der Waals surface area contributed by atoms with Gasteiger partial charge in [-0.05, 0) is 37.0 Å². The summed E-state index contributed by atoms with van der Waals surface area (Å²) in [7, 11) is 0. The molecule has 0 fully saturated rings. The molecule has 0 aliphatic heterocycles. The fourth-order valence-electron chi connectivity index (χ4n) is 4.16. The maximum Gasteiger partial charge on any atom is 0.323 e. The highest BCUT2D eigenvalue weighted by molar-refractivity contribution is 5.90. The molecule has 0 saturated carbocycles. The van der Waals surface area contributed by atoms with Crippen molar-refractivity contribution in [2.24, 2.45) is 0 Å². The number of fused-ring (bicyclic) bond motifs is 1. The van der Waals surface area contributed by atoms with Gasteiger partial charge in [-0.15, -0.1) is 0 Å². The molecule has 0 unspecified atom stereocenters. The van der Waals surface area contributed by atoms with E-state index in [-0.39, 0.29) is 11.2 Å². The van der Waals surface area contributed by atoms with Crippen LogP contribution in [0.3, 0.4) is 0 Å². The van der Waals surface area contributed by atoms with E-state index >= 15 is 0 Å². The van der Waals surface area contributed by atoms with E-state index in [2.05, 4.69) is 11.2 Å². The Balaban J connectivity index is 2.11. The molecule has 0 atom stereocenters. The lowest BCUT2D eigenvalue weighted by molar-refractivity contribution is -0.594. The monoisotopic (exact) mass is 402 g/mol.